The second-order valence-electron chi connectivity index (χ2n) is 4.16. The SMILES string of the molecule is Oc1ccccc1N=Cc1ccnc2ccccc12. The Kier molecular flexibility index (Phi) is 2.94. The molecule has 0 aliphatic carbocycles. The van der Waals surface area contributed by atoms with Crippen LogP contribution in [-0.2, 0) is 0 Å². The zero-order valence-electron chi connectivity index (χ0n) is 10.2. The highest BCUT2D eigenvalue weighted by Gasteiger charge is 1.99. The maximum atomic E-state index is 9.68. The molecule has 0 amide bonds. The summed E-state index contributed by atoms with van der Waals surface area (Å²) in [7, 11) is 0. The van der Waals surface area contributed by atoms with Gasteiger partial charge in [-0.3, -0.25) is 9.98 Å². The fraction of sp³-hybridized carbons (Fsp3) is 0. The molecule has 0 spiro atoms. The van der Waals surface area contributed by atoms with Gasteiger partial charge in [-0.1, -0.05) is 30.3 Å². The summed E-state index contributed by atoms with van der Waals surface area (Å²) < 4.78 is 0. The largest absolute Gasteiger partial charge is 0.506 e. The first-order chi connectivity index (χ1) is 9.34. The molecule has 0 radical (unpaired) electrons. The minimum Gasteiger partial charge on any atom is -0.506 e. The number of nitrogens with zero attached hydrogens (tertiary/aromatic N) is 2. The van der Waals surface area contributed by atoms with E-state index in [0.717, 1.165) is 16.5 Å². The summed E-state index contributed by atoms with van der Waals surface area (Å²) in [5, 5.41) is 10.7. The molecule has 92 valence electrons. The Labute approximate surface area is 110 Å². The third-order valence-corrected chi connectivity index (χ3v) is 2.91. The van der Waals surface area contributed by atoms with E-state index in [1.807, 2.05) is 36.4 Å². The van der Waals surface area contributed by atoms with Crippen LogP contribution in [0.1, 0.15) is 5.56 Å². The van der Waals surface area contributed by atoms with Crippen LogP contribution in [0.5, 0.6) is 5.75 Å². The van der Waals surface area contributed by atoms with Crippen LogP contribution in [0, 0.1) is 0 Å². The molecule has 2 aromatic carbocycles. The van der Waals surface area contributed by atoms with Crippen molar-refractivity contribution >= 4 is 22.8 Å². The Bertz CT molecular complexity index is 745. The fourth-order valence-electron chi connectivity index (χ4n) is 1.94. The summed E-state index contributed by atoms with van der Waals surface area (Å²) in [6, 6.07) is 16.8. The van der Waals surface area contributed by atoms with Gasteiger partial charge in [0, 0.05) is 23.4 Å². The molecule has 3 rings (SSSR count). The van der Waals surface area contributed by atoms with Gasteiger partial charge in [0.1, 0.15) is 11.4 Å². The molecule has 1 heterocycles. The van der Waals surface area contributed by atoms with Gasteiger partial charge in [0.05, 0.1) is 5.52 Å². The van der Waals surface area contributed by atoms with E-state index in [1.54, 1.807) is 30.6 Å². The van der Waals surface area contributed by atoms with Crippen LogP contribution in [0.25, 0.3) is 10.9 Å². The number of para-hydroxylation sites is 3. The van der Waals surface area contributed by atoms with Crippen molar-refractivity contribution in [2.24, 2.45) is 4.99 Å². The van der Waals surface area contributed by atoms with E-state index >= 15 is 0 Å². The number of hydrogen-bond acceptors (Lipinski definition) is 3. The molecule has 0 unspecified atom stereocenters. The second-order valence-corrected chi connectivity index (χ2v) is 4.16. The number of phenols is 1. The molecular formula is C16H12N2O. The van der Waals surface area contributed by atoms with Crippen molar-refractivity contribution in [3.8, 4) is 5.75 Å². The highest BCUT2D eigenvalue weighted by atomic mass is 16.3. The molecule has 3 aromatic rings. The van der Waals surface area contributed by atoms with Crippen molar-refractivity contribution in [1.29, 1.82) is 0 Å². The van der Waals surface area contributed by atoms with Crippen LogP contribution >= 0.6 is 0 Å². The van der Waals surface area contributed by atoms with Crippen LogP contribution < -0.4 is 0 Å². The summed E-state index contributed by atoms with van der Waals surface area (Å²) in [5.74, 6) is 0.178. The van der Waals surface area contributed by atoms with E-state index < -0.39 is 0 Å². The molecule has 1 aromatic heterocycles. The van der Waals surface area contributed by atoms with Crippen molar-refractivity contribution in [1.82, 2.24) is 4.98 Å². The van der Waals surface area contributed by atoms with Crippen molar-refractivity contribution in [2.75, 3.05) is 0 Å². The first-order valence-electron chi connectivity index (χ1n) is 6.00. The average molecular weight is 248 g/mol. The Morgan fingerprint density at radius 3 is 2.63 bits per heavy atom. The van der Waals surface area contributed by atoms with Gasteiger partial charge in [-0.2, -0.15) is 0 Å². The minimum absolute atomic E-state index is 0.178. The number of hydrogen-bond donors (Lipinski definition) is 1. The minimum atomic E-state index is 0.178. The van der Waals surface area contributed by atoms with Gasteiger partial charge in [0.25, 0.3) is 0 Å². The molecule has 0 saturated heterocycles. The van der Waals surface area contributed by atoms with E-state index in [9.17, 15) is 5.11 Å². The predicted molar refractivity (Wildman–Crippen MR) is 77.1 cm³/mol. The van der Waals surface area contributed by atoms with Crippen LogP contribution in [0.2, 0.25) is 0 Å². The van der Waals surface area contributed by atoms with Gasteiger partial charge in [-0.15, -0.1) is 0 Å². The fourth-order valence-corrected chi connectivity index (χ4v) is 1.94. The molecule has 19 heavy (non-hydrogen) atoms. The highest BCUT2D eigenvalue weighted by Crippen LogP contribution is 2.25. The molecule has 0 aliphatic rings. The number of aromatic hydroxyl groups is 1. The molecule has 0 fully saturated rings. The Morgan fingerprint density at radius 2 is 1.74 bits per heavy atom. The third-order valence-electron chi connectivity index (χ3n) is 2.91. The zero-order chi connectivity index (χ0) is 13.1. The number of benzene rings is 2. The lowest BCUT2D eigenvalue weighted by atomic mass is 10.1. The highest BCUT2D eigenvalue weighted by molar-refractivity contribution is 5.98. The summed E-state index contributed by atoms with van der Waals surface area (Å²) in [5.41, 5.74) is 2.47. The van der Waals surface area contributed by atoms with Gasteiger partial charge in [-0.25, -0.2) is 0 Å². The smallest absolute Gasteiger partial charge is 0.141 e. The Hall–Kier alpha value is -2.68. The normalized spacial score (nSPS) is 11.2. The molecule has 0 atom stereocenters. The van der Waals surface area contributed by atoms with Crippen molar-refractivity contribution in [2.45, 2.75) is 0 Å². The first kappa shape index (κ1) is 11.4. The van der Waals surface area contributed by atoms with Crippen molar-refractivity contribution in [3.63, 3.8) is 0 Å². The molecule has 1 N–H and O–H groups in total. The van der Waals surface area contributed by atoms with Gasteiger partial charge < -0.3 is 5.11 Å². The first-order valence-corrected chi connectivity index (χ1v) is 6.00. The van der Waals surface area contributed by atoms with Gasteiger partial charge in [0.2, 0.25) is 0 Å². The molecule has 0 aliphatic heterocycles. The Balaban J connectivity index is 2.04. The van der Waals surface area contributed by atoms with E-state index in [4.69, 9.17) is 0 Å². The molecule has 3 nitrogen and oxygen atoms in total. The lowest BCUT2D eigenvalue weighted by Gasteiger charge is -2.01. The van der Waals surface area contributed by atoms with Gasteiger partial charge in [-0.05, 0) is 24.3 Å². The van der Waals surface area contributed by atoms with Crippen molar-refractivity contribution in [3.05, 3.63) is 66.4 Å². The lowest BCUT2D eigenvalue weighted by Crippen LogP contribution is -1.86. The summed E-state index contributed by atoms with van der Waals surface area (Å²) in [4.78, 5) is 8.63. The lowest BCUT2D eigenvalue weighted by molar-refractivity contribution is 0.477. The number of aromatic nitrogens is 1. The van der Waals surface area contributed by atoms with E-state index in [0.29, 0.717) is 5.69 Å². The second kappa shape index (κ2) is 4.90. The zero-order valence-corrected chi connectivity index (χ0v) is 10.2. The number of fused-ring (bicyclic) bond motifs is 1. The molecule has 0 bridgehead atoms. The van der Waals surface area contributed by atoms with Gasteiger partial charge in [0.15, 0.2) is 0 Å². The average Bonchev–Trinajstić information content (AvgIpc) is 2.46. The molecular weight excluding hydrogens is 236 g/mol. The van der Waals surface area contributed by atoms with Crippen LogP contribution in [0.4, 0.5) is 5.69 Å². The molecule has 0 saturated carbocycles. The maximum absolute atomic E-state index is 9.68. The molecule has 3 heteroatoms. The van der Waals surface area contributed by atoms with Crippen LogP contribution in [0.15, 0.2) is 65.8 Å². The van der Waals surface area contributed by atoms with E-state index in [1.165, 1.54) is 0 Å². The standard InChI is InChI=1S/C16H12N2O/c19-16-8-4-3-7-15(16)18-11-12-9-10-17-14-6-2-1-5-13(12)14/h1-11,19H. The quantitative estimate of drug-likeness (QED) is 0.703. The summed E-state index contributed by atoms with van der Waals surface area (Å²) in [6.45, 7) is 0. The number of phenolic OH excluding ortho intramolecular Hbond substituents is 1. The van der Waals surface area contributed by atoms with Gasteiger partial charge >= 0.3 is 0 Å². The number of rotatable bonds is 2. The topological polar surface area (TPSA) is 45.5 Å². The monoisotopic (exact) mass is 248 g/mol. The summed E-state index contributed by atoms with van der Waals surface area (Å²) >= 11 is 0. The van der Waals surface area contributed by atoms with E-state index in [-0.39, 0.29) is 5.75 Å². The number of pyridine rings is 1. The summed E-state index contributed by atoms with van der Waals surface area (Å²) in [6.07, 6.45) is 3.51. The van der Waals surface area contributed by atoms with Crippen molar-refractivity contribution < 1.29 is 5.11 Å². The van der Waals surface area contributed by atoms with Crippen LogP contribution in [0.3, 0.4) is 0 Å². The maximum Gasteiger partial charge on any atom is 0.141 e. The Morgan fingerprint density at radius 1 is 0.947 bits per heavy atom. The van der Waals surface area contributed by atoms with E-state index in [2.05, 4.69) is 9.98 Å². The third kappa shape index (κ3) is 2.31. The predicted octanol–water partition coefficient (Wildman–Crippen LogP) is 3.69. The number of aliphatic imine (C=N–C) groups is 1. The van der Waals surface area contributed by atoms with Crippen LogP contribution in [-0.4, -0.2) is 16.3 Å².